The first-order valence-corrected chi connectivity index (χ1v) is 7.50. The van der Waals surface area contributed by atoms with Crippen molar-refractivity contribution < 1.29 is 17.8 Å². The van der Waals surface area contributed by atoms with E-state index >= 15 is 0 Å². The monoisotopic (exact) mass is 310 g/mol. The number of furan rings is 1. The van der Waals surface area contributed by atoms with E-state index in [0.29, 0.717) is 11.3 Å². The van der Waals surface area contributed by atoms with Gasteiger partial charge in [-0.25, -0.2) is 8.42 Å². The van der Waals surface area contributed by atoms with Crippen LogP contribution in [0.2, 0.25) is 0 Å². The van der Waals surface area contributed by atoms with Gasteiger partial charge < -0.3 is 4.42 Å². The number of hydrogen-bond acceptors (Lipinski definition) is 5. The zero-order chi connectivity index (χ0) is 15.6. The van der Waals surface area contributed by atoms with Crippen molar-refractivity contribution in [1.29, 1.82) is 0 Å². The molecule has 0 saturated carbocycles. The summed E-state index contributed by atoms with van der Waals surface area (Å²) in [4.78, 5) is 10.2. The third-order valence-electron chi connectivity index (χ3n) is 3.04. The van der Waals surface area contributed by atoms with Crippen molar-refractivity contribution in [2.45, 2.75) is 18.4 Å². The van der Waals surface area contributed by atoms with Gasteiger partial charge in [0.1, 0.15) is 5.76 Å². The molecule has 21 heavy (non-hydrogen) atoms. The highest BCUT2D eigenvalue weighted by molar-refractivity contribution is 7.89. The van der Waals surface area contributed by atoms with Gasteiger partial charge >= 0.3 is 0 Å². The van der Waals surface area contributed by atoms with E-state index in [4.69, 9.17) is 4.42 Å². The smallest absolute Gasteiger partial charge is 0.273 e. The maximum Gasteiger partial charge on any atom is 0.273 e. The van der Waals surface area contributed by atoms with Crippen LogP contribution in [0.1, 0.15) is 11.3 Å². The quantitative estimate of drug-likeness (QED) is 0.624. The lowest BCUT2D eigenvalue weighted by molar-refractivity contribution is -0.385. The van der Waals surface area contributed by atoms with Crippen LogP contribution in [0.5, 0.6) is 0 Å². The Kier molecular flexibility index (Phi) is 4.10. The largest absolute Gasteiger partial charge is 0.468 e. The van der Waals surface area contributed by atoms with Crippen LogP contribution in [0.4, 0.5) is 5.69 Å². The minimum Gasteiger partial charge on any atom is -0.468 e. The van der Waals surface area contributed by atoms with E-state index in [1.807, 2.05) is 0 Å². The number of rotatable bonds is 5. The van der Waals surface area contributed by atoms with Crippen LogP contribution < -0.4 is 0 Å². The fraction of sp³-hybridized carbons (Fsp3) is 0.231. The van der Waals surface area contributed by atoms with E-state index in [-0.39, 0.29) is 17.1 Å². The number of hydrogen-bond donors (Lipinski definition) is 0. The van der Waals surface area contributed by atoms with Crippen molar-refractivity contribution in [1.82, 2.24) is 4.31 Å². The first-order chi connectivity index (χ1) is 9.82. The van der Waals surface area contributed by atoms with Gasteiger partial charge in [-0.2, -0.15) is 4.31 Å². The standard InChI is InChI=1S/C13H14N2O5S/c1-10-5-6-12(8-13(10)15(16)17)21(18,19)14(2)9-11-4-3-7-20-11/h3-8H,9H2,1-2H3. The van der Waals surface area contributed by atoms with Crippen LogP contribution in [-0.4, -0.2) is 24.7 Å². The predicted molar refractivity (Wildman–Crippen MR) is 75.2 cm³/mol. The van der Waals surface area contributed by atoms with Gasteiger partial charge in [-0.1, -0.05) is 6.07 Å². The molecule has 0 bridgehead atoms. The molecule has 1 aromatic heterocycles. The molecule has 8 heteroatoms. The number of aryl methyl sites for hydroxylation is 1. The number of sulfonamides is 1. The molecule has 0 atom stereocenters. The molecule has 112 valence electrons. The summed E-state index contributed by atoms with van der Waals surface area (Å²) in [5.41, 5.74) is 0.190. The van der Waals surface area contributed by atoms with Crippen molar-refractivity contribution in [3.8, 4) is 0 Å². The van der Waals surface area contributed by atoms with Crippen LogP contribution >= 0.6 is 0 Å². The van der Waals surface area contributed by atoms with Crippen LogP contribution in [0, 0.1) is 17.0 Å². The lowest BCUT2D eigenvalue weighted by Gasteiger charge is -2.16. The zero-order valence-electron chi connectivity index (χ0n) is 11.5. The summed E-state index contributed by atoms with van der Waals surface area (Å²) in [6.07, 6.45) is 1.45. The molecule has 0 fully saturated rings. The van der Waals surface area contributed by atoms with Gasteiger partial charge in [0.15, 0.2) is 0 Å². The van der Waals surface area contributed by atoms with E-state index in [9.17, 15) is 18.5 Å². The highest BCUT2D eigenvalue weighted by atomic mass is 32.2. The topological polar surface area (TPSA) is 93.7 Å². The van der Waals surface area contributed by atoms with Crippen molar-refractivity contribution in [3.05, 3.63) is 58.0 Å². The molecule has 0 unspecified atom stereocenters. The fourth-order valence-corrected chi connectivity index (χ4v) is 2.99. The van der Waals surface area contributed by atoms with Crippen molar-refractivity contribution >= 4 is 15.7 Å². The Bertz CT molecular complexity index is 753. The molecule has 0 aliphatic heterocycles. The molecule has 0 aliphatic rings. The van der Waals surface area contributed by atoms with E-state index in [1.165, 1.54) is 25.4 Å². The maximum absolute atomic E-state index is 12.4. The van der Waals surface area contributed by atoms with Crippen LogP contribution in [0.3, 0.4) is 0 Å². The second-order valence-corrected chi connectivity index (χ2v) is 6.59. The molecule has 0 radical (unpaired) electrons. The summed E-state index contributed by atoms with van der Waals surface area (Å²) in [5, 5.41) is 10.9. The zero-order valence-corrected chi connectivity index (χ0v) is 12.3. The molecular weight excluding hydrogens is 296 g/mol. The van der Waals surface area contributed by atoms with Gasteiger partial charge in [0.25, 0.3) is 5.69 Å². The molecular formula is C13H14N2O5S. The summed E-state index contributed by atoms with van der Waals surface area (Å²) < 4.78 is 31.0. The van der Waals surface area contributed by atoms with Crippen LogP contribution in [0.25, 0.3) is 0 Å². The Morgan fingerprint density at radius 1 is 1.33 bits per heavy atom. The molecule has 7 nitrogen and oxygen atoms in total. The van der Waals surface area contributed by atoms with Gasteiger partial charge in [-0.05, 0) is 25.1 Å². The summed E-state index contributed by atoms with van der Waals surface area (Å²) >= 11 is 0. The Morgan fingerprint density at radius 2 is 2.05 bits per heavy atom. The highest BCUT2D eigenvalue weighted by Crippen LogP contribution is 2.24. The van der Waals surface area contributed by atoms with E-state index in [2.05, 4.69) is 0 Å². The minimum absolute atomic E-state index is 0.0526. The molecule has 1 heterocycles. The summed E-state index contributed by atoms with van der Waals surface area (Å²) in [7, 11) is -2.43. The fourth-order valence-electron chi connectivity index (χ4n) is 1.83. The Labute approximate surface area is 122 Å². The highest BCUT2D eigenvalue weighted by Gasteiger charge is 2.24. The van der Waals surface area contributed by atoms with Gasteiger partial charge in [0.05, 0.1) is 22.6 Å². The second-order valence-electron chi connectivity index (χ2n) is 4.55. The molecule has 2 rings (SSSR count). The lowest BCUT2D eigenvalue weighted by Crippen LogP contribution is -2.26. The van der Waals surface area contributed by atoms with Crippen molar-refractivity contribution in [2.75, 3.05) is 7.05 Å². The van der Waals surface area contributed by atoms with E-state index in [0.717, 1.165) is 10.4 Å². The van der Waals surface area contributed by atoms with E-state index in [1.54, 1.807) is 19.1 Å². The number of nitro groups is 1. The molecule has 0 saturated heterocycles. The van der Waals surface area contributed by atoms with Crippen molar-refractivity contribution in [2.24, 2.45) is 0 Å². The molecule has 0 amide bonds. The Morgan fingerprint density at radius 3 is 2.62 bits per heavy atom. The molecule has 0 N–H and O–H groups in total. The SMILES string of the molecule is Cc1ccc(S(=O)(=O)N(C)Cc2ccco2)cc1[N+](=O)[O-]. The van der Waals surface area contributed by atoms with Gasteiger partial charge in [-0.15, -0.1) is 0 Å². The molecule has 0 aliphatic carbocycles. The number of benzene rings is 1. The van der Waals surface area contributed by atoms with Gasteiger partial charge in [0.2, 0.25) is 10.0 Å². The van der Waals surface area contributed by atoms with Gasteiger partial charge in [-0.3, -0.25) is 10.1 Å². The summed E-state index contributed by atoms with van der Waals surface area (Å²) in [6, 6.07) is 7.17. The van der Waals surface area contributed by atoms with Gasteiger partial charge in [0, 0.05) is 18.7 Å². The summed E-state index contributed by atoms with van der Waals surface area (Å²) in [5.74, 6) is 0.489. The van der Waals surface area contributed by atoms with Crippen LogP contribution in [0.15, 0.2) is 45.9 Å². The van der Waals surface area contributed by atoms with Crippen LogP contribution in [-0.2, 0) is 16.6 Å². The third-order valence-corrected chi connectivity index (χ3v) is 4.84. The average molecular weight is 310 g/mol. The van der Waals surface area contributed by atoms with Crippen molar-refractivity contribution in [3.63, 3.8) is 0 Å². The maximum atomic E-state index is 12.4. The Hall–Kier alpha value is -2.19. The molecule has 2 aromatic rings. The second kappa shape index (κ2) is 5.66. The van der Waals surface area contributed by atoms with E-state index < -0.39 is 14.9 Å². The Balaban J connectivity index is 2.35. The normalized spacial score (nSPS) is 11.8. The number of nitro benzene ring substituents is 1. The minimum atomic E-state index is -3.82. The lowest BCUT2D eigenvalue weighted by atomic mass is 10.2. The summed E-state index contributed by atoms with van der Waals surface area (Å²) in [6.45, 7) is 1.61. The molecule has 0 spiro atoms. The average Bonchev–Trinajstić information content (AvgIpc) is 2.91. The third kappa shape index (κ3) is 3.11. The first kappa shape index (κ1) is 15.2. The first-order valence-electron chi connectivity index (χ1n) is 6.06. The number of nitrogens with zero attached hydrogens (tertiary/aromatic N) is 2. The molecule has 1 aromatic carbocycles. The predicted octanol–water partition coefficient (Wildman–Crippen LogP) is 2.32.